The summed E-state index contributed by atoms with van der Waals surface area (Å²) in [7, 11) is 3.38. The number of methoxy groups -OCH3 is 1. The summed E-state index contributed by atoms with van der Waals surface area (Å²) < 4.78 is 12.7. The van der Waals surface area contributed by atoms with Crippen molar-refractivity contribution in [3.63, 3.8) is 0 Å². The lowest BCUT2D eigenvalue weighted by atomic mass is 10.0. The van der Waals surface area contributed by atoms with E-state index in [0.717, 1.165) is 32.6 Å². The van der Waals surface area contributed by atoms with Gasteiger partial charge in [0.25, 0.3) is 0 Å². The molecule has 2 heterocycles. The van der Waals surface area contributed by atoms with Crippen molar-refractivity contribution in [3.8, 4) is 17.2 Å². The summed E-state index contributed by atoms with van der Waals surface area (Å²) in [6.07, 6.45) is 0. The summed E-state index contributed by atoms with van der Waals surface area (Å²) in [6.45, 7) is 0. The number of aromatic nitrogens is 1. The van der Waals surface area contributed by atoms with Crippen molar-refractivity contribution in [3.05, 3.63) is 52.9 Å². The molecule has 0 unspecified atom stereocenters. The van der Waals surface area contributed by atoms with Gasteiger partial charge >= 0.3 is 5.63 Å². The van der Waals surface area contributed by atoms with Crippen molar-refractivity contribution in [2.45, 2.75) is 0 Å². The van der Waals surface area contributed by atoms with Gasteiger partial charge in [-0.05, 0) is 29.7 Å². The molecule has 0 saturated heterocycles. The minimum Gasteiger partial charge on any atom is -0.508 e. The van der Waals surface area contributed by atoms with Gasteiger partial charge in [-0.3, -0.25) is 0 Å². The van der Waals surface area contributed by atoms with E-state index >= 15 is 0 Å². The van der Waals surface area contributed by atoms with Crippen LogP contribution in [0.5, 0.6) is 17.2 Å². The highest BCUT2D eigenvalue weighted by Crippen LogP contribution is 2.39. The van der Waals surface area contributed by atoms with Crippen LogP contribution in [0.2, 0.25) is 0 Å². The Morgan fingerprint density at radius 1 is 0.963 bits per heavy atom. The molecule has 0 spiro atoms. The fraction of sp³-hybridized carbons (Fsp3) is 0.0952. The molecule has 0 bridgehead atoms. The third-order valence-corrected chi connectivity index (χ3v) is 5.09. The Hall–Kier alpha value is -3.67. The molecule has 0 amide bonds. The maximum atomic E-state index is 12.7. The Labute approximate surface area is 152 Å². The van der Waals surface area contributed by atoms with E-state index in [2.05, 4.69) is 0 Å². The molecule has 3 aromatic carbocycles. The molecule has 0 aliphatic rings. The molecule has 6 nitrogen and oxygen atoms in total. The zero-order valence-electron chi connectivity index (χ0n) is 14.6. The first-order chi connectivity index (χ1) is 13.0. The largest absolute Gasteiger partial charge is 0.508 e. The fourth-order valence-corrected chi connectivity index (χ4v) is 3.92. The molecule has 134 valence electrons. The molecule has 0 saturated carbocycles. The Bertz CT molecular complexity index is 1460. The maximum absolute atomic E-state index is 12.7. The number of aromatic hydroxyl groups is 2. The zero-order chi connectivity index (χ0) is 18.9. The number of benzene rings is 3. The average Bonchev–Trinajstić information content (AvgIpc) is 2.95. The van der Waals surface area contributed by atoms with Gasteiger partial charge in [0.05, 0.1) is 23.5 Å². The molecule has 0 fully saturated rings. The highest BCUT2D eigenvalue weighted by atomic mass is 16.5. The molecule has 0 aliphatic heterocycles. The van der Waals surface area contributed by atoms with Crippen LogP contribution in [0.15, 0.2) is 51.7 Å². The summed E-state index contributed by atoms with van der Waals surface area (Å²) in [6, 6.07) is 11.9. The van der Waals surface area contributed by atoms with Crippen molar-refractivity contribution in [1.82, 2.24) is 4.57 Å². The van der Waals surface area contributed by atoms with E-state index < -0.39 is 5.63 Å². The Kier molecular flexibility index (Phi) is 2.98. The zero-order valence-corrected chi connectivity index (χ0v) is 14.6. The predicted octanol–water partition coefficient (Wildman–Crippen LogP) is 4.01. The first-order valence-electron chi connectivity index (χ1n) is 8.37. The van der Waals surface area contributed by atoms with Gasteiger partial charge in [-0.15, -0.1) is 0 Å². The molecule has 6 heteroatoms. The topological polar surface area (TPSA) is 84.8 Å². The van der Waals surface area contributed by atoms with Crippen molar-refractivity contribution in [2.75, 3.05) is 7.11 Å². The third kappa shape index (κ3) is 1.98. The maximum Gasteiger partial charge on any atom is 0.346 e. The normalized spacial score (nSPS) is 11.8. The number of ether oxygens (including phenoxy) is 1. The summed E-state index contributed by atoms with van der Waals surface area (Å²) >= 11 is 0. The van der Waals surface area contributed by atoms with Crippen LogP contribution in [0, 0.1) is 0 Å². The number of aryl methyl sites for hydroxylation is 1. The lowest BCUT2D eigenvalue weighted by Gasteiger charge is -2.08. The molecule has 27 heavy (non-hydrogen) atoms. The number of hydrogen-bond donors (Lipinski definition) is 2. The number of hydrogen-bond acceptors (Lipinski definition) is 5. The standard InChI is InChI=1S/C21H15NO5/c1-22-19-13(5-3-10-7-15(24)17(26-2)9-14(10)19)18-20(22)12-6-4-11(23)8-16(12)27-21(18)25/h3-9,23-24H,1-2H3. The van der Waals surface area contributed by atoms with Crippen molar-refractivity contribution in [1.29, 1.82) is 0 Å². The van der Waals surface area contributed by atoms with E-state index in [1.165, 1.54) is 13.2 Å². The van der Waals surface area contributed by atoms with Crippen LogP contribution in [-0.2, 0) is 7.05 Å². The van der Waals surface area contributed by atoms with Crippen molar-refractivity contribution < 1.29 is 19.4 Å². The first kappa shape index (κ1) is 15.6. The van der Waals surface area contributed by atoms with Gasteiger partial charge in [-0.1, -0.05) is 12.1 Å². The van der Waals surface area contributed by atoms with Crippen LogP contribution in [0.3, 0.4) is 0 Å². The SMILES string of the molecule is COc1cc2c(ccc3c4c(=O)oc5cc(O)ccc5c4n(C)c23)cc1O. The van der Waals surface area contributed by atoms with Gasteiger partial charge in [0.2, 0.25) is 0 Å². The van der Waals surface area contributed by atoms with Gasteiger partial charge in [-0.2, -0.15) is 0 Å². The lowest BCUT2D eigenvalue weighted by Crippen LogP contribution is -1.99. The minimum atomic E-state index is -0.459. The molecule has 0 radical (unpaired) electrons. The average molecular weight is 361 g/mol. The molecule has 0 atom stereocenters. The molecule has 5 aromatic rings. The molecule has 0 aliphatic carbocycles. The highest BCUT2D eigenvalue weighted by Gasteiger charge is 2.19. The Morgan fingerprint density at radius 3 is 2.52 bits per heavy atom. The van der Waals surface area contributed by atoms with E-state index in [0.29, 0.717) is 16.7 Å². The van der Waals surface area contributed by atoms with Crippen LogP contribution in [0.4, 0.5) is 0 Å². The molecule has 2 N–H and O–H groups in total. The van der Waals surface area contributed by atoms with Crippen LogP contribution < -0.4 is 10.4 Å². The third-order valence-electron chi connectivity index (χ3n) is 5.09. The van der Waals surface area contributed by atoms with E-state index in [4.69, 9.17) is 9.15 Å². The van der Waals surface area contributed by atoms with Gasteiger partial charge in [0.1, 0.15) is 11.3 Å². The van der Waals surface area contributed by atoms with Crippen molar-refractivity contribution >= 4 is 43.5 Å². The van der Waals surface area contributed by atoms with Gasteiger partial charge in [0.15, 0.2) is 11.5 Å². The minimum absolute atomic E-state index is 0.0365. The number of rotatable bonds is 1. The second kappa shape index (κ2) is 5.17. The van der Waals surface area contributed by atoms with Gasteiger partial charge in [0, 0.05) is 29.3 Å². The van der Waals surface area contributed by atoms with Crippen LogP contribution in [0.1, 0.15) is 0 Å². The lowest BCUT2D eigenvalue weighted by molar-refractivity contribution is 0.374. The van der Waals surface area contributed by atoms with Crippen LogP contribution in [-0.4, -0.2) is 21.9 Å². The number of phenols is 2. The fourth-order valence-electron chi connectivity index (χ4n) is 3.92. The highest BCUT2D eigenvalue weighted by molar-refractivity contribution is 6.22. The van der Waals surface area contributed by atoms with E-state index in [9.17, 15) is 15.0 Å². The van der Waals surface area contributed by atoms with Crippen molar-refractivity contribution in [2.24, 2.45) is 7.05 Å². The Balaban J connectivity index is 2.09. The quantitative estimate of drug-likeness (QED) is 0.441. The number of fused-ring (bicyclic) bond motifs is 7. The molecule has 2 aromatic heterocycles. The summed E-state index contributed by atoms with van der Waals surface area (Å²) in [4.78, 5) is 12.7. The molecule has 5 rings (SSSR count). The summed E-state index contributed by atoms with van der Waals surface area (Å²) in [5.41, 5.74) is 1.45. The monoisotopic (exact) mass is 361 g/mol. The molecular weight excluding hydrogens is 346 g/mol. The predicted molar refractivity (Wildman–Crippen MR) is 104 cm³/mol. The summed E-state index contributed by atoms with van der Waals surface area (Å²) in [5.74, 6) is 0.458. The van der Waals surface area contributed by atoms with E-state index in [-0.39, 0.29) is 11.5 Å². The van der Waals surface area contributed by atoms with Gasteiger partial charge in [-0.25, -0.2) is 4.79 Å². The Morgan fingerprint density at radius 2 is 1.74 bits per heavy atom. The smallest absolute Gasteiger partial charge is 0.346 e. The van der Waals surface area contributed by atoms with E-state index in [1.807, 2.05) is 23.7 Å². The number of nitrogens with zero attached hydrogens (tertiary/aromatic N) is 1. The summed E-state index contributed by atoms with van der Waals surface area (Å²) in [5, 5.41) is 23.5. The second-order valence-corrected chi connectivity index (χ2v) is 6.56. The van der Waals surface area contributed by atoms with E-state index in [1.54, 1.807) is 24.3 Å². The van der Waals surface area contributed by atoms with Crippen LogP contribution in [0.25, 0.3) is 43.5 Å². The molecular formula is C21H15NO5. The first-order valence-corrected chi connectivity index (χ1v) is 8.37. The second-order valence-electron chi connectivity index (χ2n) is 6.56. The van der Waals surface area contributed by atoms with Gasteiger partial charge < -0.3 is 23.9 Å². The van der Waals surface area contributed by atoms with Crippen LogP contribution >= 0.6 is 0 Å². The number of phenolic OH excluding ortho intramolecular Hbond substituents is 2.